The zero-order chi connectivity index (χ0) is 13.0. The Balaban J connectivity index is 1.94. The molecule has 0 saturated heterocycles. The summed E-state index contributed by atoms with van der Waals surface area (Å²) in [6, 6.07) is 8.08. The zero-order valence-corrected chi connectivity index (χ0v) is 10.9. The fourth-order valence-corrected chi connectivity index (χ4v) is 1.90. The van der Waals surface area contributed by atoms with Crippen LogP contribution in [0.4, 0.5) is 0 Å². The first kappa shape index (κ1) is 12.8. The summed E-state index contributed by atoms with van der Waals surface area (Å²) in [5.41, 5.74) is 8.70. The van der Waals surface area contributed by atoms with Crippen molar-refractivity contribution in [2.75, 3.05) is 7.05 Å². The maximum atomic E-state index is 5.55. The molecule has 0 amide bonds. The van der Waals surface area contributed by atoms with E-state index in [1.54, 1.807) is 6.26 Å². The molecule has 0 aliphatic heterocycles. The van der Waals surface area contributed by atoms with Crippen LogP contribution in [-0.4, -0.2) is 16.9 Å². The van der Waals surface area contributed by atoms with Gasteiger partial charge in [-0.15, -0.1) is 0 Å². The Morgan fingerprint density at radius 3 is 2.83 bits per heavy atom. The van der Waals surface area contributed by atoms with Gasteiger partial charge in [-0.2, -0.15) is 0 Å². The molecule has 2 rings (SSSR count). The van der Waals surface area contributed by atoms with E-state index >= 15 is 0 Å². The minimum absolute atomic E-state index is 0.520. The van der Waals surface area contributed by atoms with Crippen LogP contribution < -0.4 is 5.73 Å². The Bertz CT molecular complexity index is 507. The highest BCUT2D eigenvalue weighted by molar-refractivity contribution is 5.13. The first-order chi connectivity index (χ1) is 8.67. The summed E-state index contributed by atoms with van der Waals surface area (Å²) in [6.45, 7) is 4.09. The van der Waals surface area contributed by atoms with Gasteiger partial charge in [-0.05, 0) is 32.2 Å². The van der Waals surface area contributed by atoms with Gasteiger partial charge >= 0.3 is 0 Å². The number of nitrogens with two attached hydrogens (primary N) is 1. The Labute approximate surface area is 107 Å². The van der Waals surface area contributed by atoms with E-state index in [0.29, 0.717) is 6.54 Å². The summed E-state index contributed by atoms with van der Waals surface area (Å²) in [5, 5.41) is 0. The number of aromatic nitrogens is 1. The van der Waals surface area contributed by atoms with Gasteiger partial charge in [-0.25, -0.2) is 0 Å². The number of furan rings is 1. The van der Waals surface area contributed by atoms with Crippen molar-refractivity contribution in [3.8, 4) is 0 Å². The van der Waals surface area contributed by atoms with E-state index in [1.165, 1.54) is 0 Å². The van der Waals surface area contributed by atoms with Crippen LogP contribution in [0, 0.1) is 6.92 Å². The number of nitrogens with zero attached hydrogens (tertiary/aromatic N) is 2. The third-order valence-corrected chi connectivity index (χ3v) is 2.75. The second-order valence-electron chi connectivity index (χ2n) is 4.57. The molecule has 2 N–H and O–H groups in total. The van der Waals surface area contributed by atoms with Gasteiger partial charge in [0, 0.05) is 24.3 Å². The molecule has 96 valence electrons. The summed E-state index contributed by atoms with van der Waals surface area (Å²) < 4.78 is 5.45. The van der Waals surface area contributed by atoms with Crippen LogP contribution in [0.15, 0.2) is 34.9 Å². The molecule has 2 aromatic rings. The summed E-state index contributed by atoms with van der Waals surface area (Å²) in [5.74, 6) is 0.936. The second-order valence-corrected chi connectivity index (χ2v) is 4.57. The Hall–Kier alpha value is -1.65. The minimum Gasteiger partial charge on any atom is -0.468 e. The maximum Gasteiger partial charge on any atom is 0.118 e. The summed E-state index contributed by atoms with van der Waals surface area (Å²) >= 11 is 0. The Morgan fingerprint density at radius 2 is 2.17 bits per heavy atom. The number of hydrogen-bond acceptors (Lipinski definition) is 4. The van der Waals surface area contributed by atoms with E-state index < -0.39 is 0 Å². The summed E-state index contributed by atoms with van der Waals surface area (Å²) in [6.07, 6.45) is 1.72. The molecule has 18 heavy (non-hydrogen) atoms. The van der Waals surface area contributed by atoms with Gasteiger partial charge < -0.3 is 10.2 Å². The molecule has 0 aliphatic carbocycles. The molecule has 0 fully saturated rings. The molecule has 0 spiro atoms. The third kappa shape index (κ3) is 3.42. The van der Waals surface area contributed by atoms with Gasteiger partial charge in [-0.3, -0.25) is 9.88 Å². The molecule has 4 heteroatoms. The predicted octanol–water partition coefficient (Wildman–Crippen LogP) is 2.07. The van der Waals surface area contributed by atoms with Gasteiger partial charge in [0.1, 0.15) is 5.76 Å². The average Bonchev–Trinajstić information content (AvgIpc) is 2.76. The second kappa shape index (κ2) is 5.80. The van der Waals surface area contributed by atoms with Crippen molar-refractivity contribution < 1.29 is 4.42 Å². The van der Waals surface area contributed by atoms with E-state index in [2.05, 4.69) is 16.9 Å². The first-order valence-corrected chi connectivity index (χ1v) is 6.05. The molecule has 0 aliphatic rings. The van der Waals surface area contributed by atoms with Crippen molar-refractivity contribution in [1.82, 2.24) is 9.88 Å². The van der Waals surface area contributed by atoms with Crippen molar-refractivity contribution in [1.29, 1.82) is 0 Å². The Kier molecular flexibility index (Phi) is 4.12. The molecule has 0 saturated carbocycles. The van der Waals surface area contributed by atoms with Crippen molar-refractivity contribution in [3.63, 3.8) is 0 Å². The lowest BCUT2D eigenvalue weighted by Gasteiger charge is -2.14. The highest BCUT2D eigenvalue weighted by Crippen LogP contribution is 2.11. The fourth-order valence-electron chi connectivity index (χ4n) is 1.90. The standard InChI is InChI=1S/C14H19N3O/c1-11-4-3-5-13(16-11)8-17(2)9-14-6-12(7-15)10-18-14/h3-6,10H,7-9,15H2,1-2H3. The van der Waals surface area contributed by atoms with Crippen LogP contribution in [0.3, 0.4) is 0 Å². The van der Waals surface area contributed by atoms with Gasteiger partial charge in [0.2, 0.25) is 0 Å². The molecule has 0 atom stereocenters. The molecule has 4 nitrogen and oxygen atoms in total. The topological polar surface area (TPSA) is 55.3 Å². The lowest BCUT2D eigenvalue weighted by molar-refractivity contribution is 0.284. The van der Waals surface area contributed by atoms with E-state index in [9.17, 15) is 0 Å². The smallest absolute Gasteiger partial charge is 0.118 e. The first-order valence-electron chi connectivity index (χ1n) is 6.05. The summed E-state index contributed by atoms with van der Waals surface area (Å²) in [4.78, 5) is 6.65. The van der Waals surface area contributed by atoms with Crippen LogP contribution in [0.1, 0.15) is 22.7 Å². The van der Waals surface area contributed by atoms with Crippen LogP contribution in [0.25, 0.3) is 0 Å². The van der Waals surface area contributed by atoms with E-state index in [0.717, 1.165) is 35.8 Å². The molecular weight excluding hydrogens is 226 g/mol. The lowest BCUT2D eigenvalue weighted by atomic mass is 10.3. The largest absolute Gasteiger partial charge is 0.468 e. The van der Waals surface area contributed by atoms with Crippen LogP contribution >= 0.6 is 0 Å². The highest BCUT2D eigenvalue weighted by atomic mass is 16.3. The molecule has 0 aromatic carbocycles. The molecular formula is C14H19N3O. The third-order valence-electron chi connectivity index (χ3n) is 2.75. The van der Waals surface area contributed by atoms with Gasteiger partial charge in [0.05, 0.1) is 18.5 Å². The van der Waals surface area contributed by atoms with Crippen LogP contribution in [0.2, 0.25) is 0 Å². The van der Waals surface area contributed by atoms with E-state index in [-0.39, 0.29) is 0 Å². The quantitative estimate of drug-likeness (QED) is 0.876. The highest BCUT2D eigenvalue weighted by Gasteiger charge is 2.06. The predicted molar refractivity (Wildman–Crippen MR) is 70.7 cm³/mol. The molecule has 0 radical (unpaired) electrons. The van der Waals surface area contributed by atoms with Crippen molar-refractivity contribution >= 4 is 0 Å². The molecule has 0 bridgehead atoms. The summed E-state index contributed by atoms with van der Waals surface area (Å²) in [7, 11) is 2.05. The van der Waals surface area contributed by atoms with Gasteiger partial charge in [-0.1, -0.05) is 6.07 Å². The number of hydrogen-bond donors (Lipinski definition) is 1. The fraction of sp³-hybridized carbons (Fsp3) is 0.357. The minimum atomic E-state index is 0.520. The lowest BCUT2D eigenvalue weighted by Crippen LogP contribution is -2.17. The SMILES string of the molecule is Cc1cccc(CN(C)Cc2cc(CN)co2)n1. The number of aryl methyl sites for hydroxylation is 1. The van der Waals surface area contributed by atoms with Gasteiger partial charge in [0.25, 0.3) is 0 Å². The van der Waals surface area contributed by atoms with Crippen LogP contribution in [0.5, 0.6) is 0 Å². The monoisotopic (exact) mass is 245 g/mol. The molecule has 2 heterocycles. The van der Waals surface area contributed by atoms with Crippen LogP contribution in [-0.2, 0) is 19.6 Å². The Morgan fingerprint density at radius 1 is 1.33 bits per heavy atom. The number of rotatable bonds is 5. The van der Waals surface area contributed by atoms with E-state index in [4.69, 9.17) is 10.2 Å². The van der Waals surface area contributed by atoms with Crippen molar-refractivity contribution in [3.05, 3.63) is 53.2 Å². The maximum absolute atomic E-state index is 5.55. The normalized spacial score (nSPS) is 11.1. The molecule has 2 aromatic heterocycles. The average molecular weight is 245 g/mol. The molecule has 0 unspecified atom stereocenters. The number of pyridine rings is 1. The van der Waals surface area contributed by atoms with Gasteiger partial charge in [0.15, 0.2) is 0 Å². The van der Waals surface area contributed by atoms with Crippen molar-refractivity contribution in [2.45, 2.75) is 26.6 Å². The van der Waals surface area contributed by atoms with E-state index in [1.807, 2.05) is 31.2 Å². The van der Waals surface area contributed by atoms with Crippen molar-refractivity contribution in [2.24, 2.45) is 5.73 Å². The zero-order valence-electron chi connectivity index (χ0n) is 10.9.